The van der Waals surface area contributed by atoms with E-state index in [2.05, 4.69) is 19.9 Å². The van der Waals surface area contributed by atoms with Gasteiger partial charge in [0.1, 0.15) is 5.69 Å². The molecule has 4 aromatic rings. The minimum Gasteiger partial charge on any atom is -0.662 e. The Morgan fingerprint density at radius 3 is 2.08 bits per heavy atom. The molecular formula is C16H9N6O4-. The maximum absolute atomic E-state index is 11.2. The Bertz CT molecular complexity index is 1040. The predicted octanol–water partition coefficient (Wildman–Crippen LogP) is 3.07. The van der Waals surface area contributed by atoms with Crippen LogP contribution in [-0.4, -0.2) is 24.8 Å². The van der Waals surface area contributed by atoms with Crippen LogP contribution in [0.1, 0.15) is 0 Å². The lowest BCUT2D eigenvalue weighted by atomic mass is 10.1. The molecule has 3 aromatic heterocycles. The molecule has 0 radical (unpaired) electrons. The molecule has 3 heterocycles. The number of aromatic amines is 1. The maximum atomic E-state index is 11.2. The van der Waals surface area contributed by atoms with E-state index in [-0.39, 0.29) is 11.0 Å². The topological polar surface area (TPSA) is 142 Å². The molecule has 10 heteroatoms. The summed E-state index contributed by atoms with van der Waals surface area (Å²) >= 11 is 0. The number of benzene rings is 1. The first-order valence-corrected chi connectivity index (χ1v) is 7.41. The average Bonchev–Trinajstić information content (AvgIpc) is 3.32. The highest BCUT2D eigenvalue weighted by Crippen LogP contribution is 2.34. The van der Waals surface area contributed by atoms with Crippen molar-refractivity contribution in [2.24, 2.45) is 0 Å². The summed E-state index contributed by atoms with van der Waals surface area (Å²) in [7, 11) is 0. The molecule has 10 nitrogen and oxygen atoms in total. The van der Waals surface area contributed by atoms with Crippen LogP contribution in [0.25, 0.3) is 33.8 Å². The zero-order valence-electron chi connectivity index (χ0n) is 13.0. The number of fused-ring (bicyclic) bond motifs is 1. The van der Waals surface area contributed by atoms with Crippen LogP contribution in [0, 0.1) is 20.2 Å². The number of hydrogen-bond acceptors (Lipinski definition) is 6. The fourth-order valence-corrected chi connectivity index (χ4v) is 2.66. The first-order chi connectivity index (χ1) is 12.5. The van der Waals surface area contributed by atoms with Crippen molar-refractivity contribution in [1.82, 2.24) is 19.9 Å². The first kappa shape index (κ1) is 15.4. The minimum atomic E-state index is -0.807. The van der Waals surface area contributed by atoms with Gasteiger partial charge in [-0.15, -0.1) is 5.69 Å². The van der Waals surface area contributed by atoms with Gasteiger partial charge in [-0.1, -0.05) is 12.1 Å². The standard InChI is InChI=1S/C16H9N6O4/c23-21(24)13-7-11-12(8-14(13)22(25)26)20-16(10-4-2-6-18-10)15(19-11)9-3-1-5-17-9/h1-8,17H/q-1. The smallest absolute Gasteiger partial charge is 0.348 e. The molecule has 0 atom stereocenters. The number of hydrogen-bond donors (Lipinski definition) is 1. The van der Waals surface area contributed by atoms with Crippen molar-refractivity contribution < 1.29 is 9.85 Å². The highest BCUT2D eigenvalue weighted by molar-refractivity contribution is 5.88. The van der Waals surface area contributed by atoms with E-state index in [1.54, 1.807) is 36.7 Å². The molecule has 128 valence electrons. The van der Waals surface area contributed by atoms with Crippen molar-refractivity contribution in [2.75, 3.05) is 0 Å². The van der Waals surface area contributed by atoms with E-state index in [1.807, 2.05) is 0 Å². The molecule has 26 heavy (non-hydrogen) atoms. The van der Waals surface area contributed by atoms with Gasteiger partial charge in [-0.3, -0.25) is 20.2 Å². The third-order valence-corrected chi connectivity index (χ3v) is 3.80. The van der Waals surface area contributed by atoms with Crippen LogP contribution < -0.4 is 4.98 Å². The van der Waals surface area contributed by atoms with Crippen LogP contribution in [0.3, 0.4) is 0 Å². The van der Waals surface area contributed by atoms with Crippen molar-refractivity contribution in [3.05, 3.63) is 69.0 Å². The normalized spacial score (nSPS) is 10.9. The molecule has 1 aromatic carbocycles. The Balaban J connectivity index is 2.06. The van der Waals surface area contributed by atoms with E-state index in [1.165, 1.54) is 0 Å². The second-order valence-electron chi connectivity index (χ2n) is 5.37. The average molecular weight is 349 g/mol. The Morgan fingerprint density at radius 1 is 0.923 bits per heavy atom. The molecule has 0 saturated heterocycles. The van der Waals surface area contributed by atoms with Gasteiger partial charge in [0.05, 0.1) is 44.4 Å². The van der Waals surface area contributed by atoms with Crippen molar-refractivity contribution in [3.8, 4) is 22.8 Å². The van der Waals surface area contributed by atoms with Crippen LogP contribution in [-0.2, 0) is 0 Å². The molecule has 0 unspecified atom stereocenters. The molecule has 0 aliphatic carbocycles. The molecule has 0 amide bonds. The van der Waals surface area contributed by atoms with E-state index in [9.17, 15) is 20.2 Å². The highest BCUT2D eigenvalue weighted by Gasteiger charge is 2.26. The molecular weight excluding hydrogens is 340 g/mol. The number of aromatic nitrogens is 4. The molecule has 0 spiro atoms. The third-order valence-electron chi connectivity index (χ3n) is 3.80. The summed E-state index contributed by atoms with van der Waals surface area (Å²) in [5, 5.41) is 22.3. The van der Waals surface area contributed by atoms with Crippen LogP contribution in [0.15, 0.2) is 48.8 Å². The Kier molecular flexibility index (Phi) is 3.43. The number of rotatable bonds is 4. The zero-order valence-corrected chi connectivity index (χ0v) is 13.0. The lowest BCUT2D eigenvalue weighted by Crippen LogP contribution is -2.00. The van der Waals surface area contributed by atoms with Crippen molar-refractivity contribution in [3.63, 3.8) is 0 Å². The van der Waals surface area contributed by atoms with Gasteiger partial charge in [-0.25, -0.2) is 9.97 Å². The molecule has 0 saturated carbocycles. The summed E-state index contributed by atoms with van der Waals surface area (Å²) in [5.41, 5.74) is 1.16. The van der Waals surface area contributed by atoms with Crippen molar-refractivity contribution >= 4 is 22.4 Å². The van der Waals surface area contributed by atoms with E-state index in [4.69, 9.17) is 0 Å². The van der Waals surface area contributed by atoms with Gasteiger partial charge in [-0.2, -0.15) is 6.20 Å². The summed E-state index contributed by atoms with van der Waals surface area (Å²) in [6, 6.07) is 9.16. The Hall–Kier alpha value is -4.08. The van der Waals surface area contributed by atoms with E-state index in [0.717, 1.165) is 12.1 Å². The number of nitrogens with one attached hydrogen (secondary N) is 1. The molecule has 1 N–H and O–H groups in total. The fraction of sp³-hybridized carbons (Fsp3) is 0. The largest absolute Gasteiger partial charge is 0.662 e. The summed E-state index contributed by atoms with van der Waals surface area (Å²) < 4.78 is 0. The van der Waals surface area contributed by atoms with Gasteiger partial charge in [0, 0.05) is 6.20 Å². The quantitative estimate of drug-likeness (QED) is 0.440. The predicted molar refractivity (Wildman–Crippen MR) is 91.4 cm³/mol. The summed E-state index contributed by atoms with van der Waals surface area (Å²) in [6.45, 7) is 0. The monoisotopic (exact) mass is 349 g/mol. The molecule has 4 rings (SSSR count). The minimum absolute atomic E-state index is 0.176. The molecule has 0 fully saturated rings. The number of nitro groups is 2. The Morgan fingerprint density at radius 2 is 1.58 bits per heavy atom. The summed E-state index contributed by atoms with van der Waals surface area (Å²) in [5.74, 6) is 0. The van der Waals surface area contributed by atoms with Gasteiger partial charge in [0.15, 0.2) is 0 Å². The Labute approximate surface area is 144 Å². The van der Waals surface area contributed by atoms with Crippen LogP contribution in [0.4, 0.5) is 11.4 Å². The zero-order chi connectivity index (χ0) is 18.3. The van der Waals surface area contributed by atoms with E-state index < -0.39 is 21.2 Å². The molecule has 0 bridgehead atoms. The van der Waals surface area contributed by atoms with Crippen LogP contribution in [0.2, 0.25) is 0 Å². The summed E-state index contributed by atoms with van der Waals surface area (Å²) in [6.07, 6.45) is 3.31. The first-order valence-electron chi connectivity index (χ1n) is 7.41. The lowest BCUT2D eigenvalue weighted by Gasteiger charge is -2.12. The number of H-pyrrole nitrogens is 1. The number of nitro benzene ring substituents is 2. The van der Waals surface area contributed by atoms with Gasteiger partial charge >= 0.3 is 11.4 Å². The van der Waals surface area contributed by atoms with E-state index >= 15 is 0 Å². The highest BCUT2D eigenvalue weighted by atomic mass is 16.6. The second-order valence-corrected chi connectivity index (χ2v) is 5.37. The second kappa shape index (κ2) is 5.77. The van der Waals surface area contributed by atoms with Gasteiger partial charge in [-0.05, 0) is 12.1 Å². The number of nitrogens with zero attached hydrogens (tertiary/aromatic N) is 5. The molecule has 0 aliphatic heterocycles. The van der Waals surface area contributed by atoms with Crippen LogP contribution in [0.5, 0.6) is 0 Å². The van der Waals surface area contributed by atoms with Crippen molar-refractivity contribution in [2.45, 2.75) is 0 Å². The van der Waals surface area contributed by atoms with Gasteiger partial charge < -0.3 is 9.97 Å². The van der Waals surface area contributed by atoms with Crippen LogP contribution >= 0.6 is 0 Å². The molecule has 0 aliphatic rings. The SMILES string of the molecule is O=[N+]([O-])c1cc2nc(-c3ccc[n-]3)c(-c3ccc[nH]3)nc2cc1[N+](=O)[O-]. The van der Waals surface area contributed by atoms with E-state index in [0.29, 0.717) is 22.8 Å². The van der Waals surface area contributed by atoms with Gasteiger partial charge in [0.25, 0.3) is 0 Å². The maximum Gasteiger partial charge on any atom is 0.348 e. The third kappa shape index (κ3) is 2.45. The lowest BCUT2D eigenvalue weighted by molar-refractivity contribution is -0.422. The fourth-order valence-electron chi connectivity index (χ4n) is 2.66. The summed E-state index contributed by atoms with van der Waals surface area (Å²) in [4.78, 5) is 36.9. The van der Waals surface area contributed by atoms with Gasteiger partial charge in [0.2, 0.25) is 0 Å². The van der Waals surface area contributed by atoms with Crippen molar-refractivity contribution in [1.29, 1.82) is 0 Å².